The van der Waals surface area contributed by atoms with Gasteiger partial charge in [0.2, 0.25) is 9.84 Å². The van der Waals surface area contributed by atoms with Crippen molar-refractivity contribution < 1.29 is 18.3 Å². The third-order valence-corrected chi connectivity index (χ3v) is 6.72. The first-order valence-corrected chi connectivity index (χ1v) is 10.5. The van der Waals surface area contributed by atoms with Crippen LogP contribution >= 0.6 is 0 Å². The molecule has 0 saturated carbocycles. The second-order valence-corrected chi connectivity index (χ2v) is 8.73. The Morgan fingerprint density at radius 3 is 2.63 bits per heavy atom. The second kappa shape index (κ2) is 8.10. The molecule has 7 heteroatoms. The Kier molecular flexibility index (Phi) is 5.82. The maximum atomic E-state index is 12.8. The van der Waals surface area contributed by atoms with Gasteiger partial charge in [-0.3, -0.25) is 0 Å². The van der Waals surface area contributed by atoms with Crippen LogP contribution in [-0.4, -0.2) is 44.7 Å². The van der Waals surface area contributed by atoms with E-state index >= 15 is 0 Å². The smallest absolute Gasteiger partial charge is 0.407 e. The Morgan fingerprint density at radius 1 is 1.19 bits per heavy atom. The van der Waals surface area contributed by atoms with Crippen molar-refractivity contribution in [2.45, 2.75) is 35.1 Å². The predicted octanol–water partition coefficient (Wildman–Crippen LogP) is 3.10. The van der Waals surface area contributed by atoms with Crippen molar-refractivity contribution >= 4 is 15.9 Å². The lowest BCUT2D eigenvalue weighted by Gasteiger charge is -2.27. The van der Waals surface area contributed by atoms with Crippen LogP contribution in [0.1, 0.15) is 30.0 Å². The van der Waals surface area contributed by atoms with E-state index in [2.05, 4.69) is 5.32 Å². The molecular formula is C20H24N2O4S. The highest BCUT2D eigenvalue weighted by Gasteiger charge is 2.24. The first-order valence-electron chi connectivity index (χ1n) is 9.00. The summed E-state index contributed by atoms with van der Waals surface area (Å²) in [5.74, 6) is 0. The summed E-state index contributed by atoms with van der Waals surface area (Å²) < 4.78 is 25.7. The molecule has 1 atom stereocenters. The van der Waals surface area contributed by atoms with Gasteiger partial charge in [-0.05, 0) is 54.7 Å². The van der Waals surface area contributed by atoms with Gasteiger partial charge in [-0.2, -0.15) is 0 Å². The van der Waals surface area contributed by atoms with Gasteiger partial charge in [0.25, 0.3) is 0 Å². The number of nitrogens with zero attached hydrogens (tertiary/aromatic N) is 1. The average Bonchev–Trinajstić information content (AvgIpc) is 2.68. The molecular weight excluding hydrogens is 364 g/mol. The summed E-state index contributed by atoms with van der Waals surface area (Å²) in [4.78, 5) is 12.7. The number of rotatable bonds is 6. The SMILES string of the molecule is CN(CCNC1CCCc2cc(S(=O)(=O)c3ccccc3)ccc21)C(=O)O. The number of amides is 1. The molecule has 6 nitrogen and oxygen atoms in total. The van der Waals surface area contributed by atoms with Crippen LogP contribution in [0.5, 0.6) is 0 Å². The van der Waals surface area contributed by atoms with Gasteiger partial charge in [-0.1, -0.05) is 24.3 Å². The summed E-state index contributed by atoms with van der Waals surface area (Å²) in [6, 6.07) is 13.9. The molecule has 1 aliphatic rings. The van der Waals surface area contributed by atoms with Gasteiger partial charge < -0.3 is 15.3 Å². The lowest BCUT2D eigenvalue weighted by Crippen LogP contribution is -2.35. The van der Waals surface area contributed by atoms with Crippen LogP contribution in [0.15, 0.2) is 58.3 Å². The summed E-state index contributed by atoms with van der Waals surface area (Å²) in [5, 5.41) is 12.3. The summed E-state index contributed by atoms with van der Waals surface area (Å²) in [5.41, 5.74) is 2.15. The zero-order chi connectivity index (χ0) is 19.4. The van der Waals surface area contributed by atoms with Gasteiger partial charge in [0.15, 0.2) is 0 Å². The minimum atomic E-state index is -3.52. The number of carboxylic acid groups (broad SMARTS) is 1. The Labute approximate surface area is 159 Å². The number of nitrogens with one attached hydrogen (secondary N) is 1. The zero-order valence-electron chi connectivity index (χ0n) is 15.3. The highest BCUT2D eigenvalue weighted by molar-refractivity contribution is 7.91. The Hall–Kier alpha value is -2.38. The average molecular weight is 388 g/mol. The maximum Gasteiger partial charge on any atom is 0.407 e. The van der Waals surface area contributed by atoms with Crippen LogP contribution in [0.25, 0.3) is 0 Å². The topological polar surface area (TPSA) is 86.7 Å². The van der Waals surface area contributed by atoms with Crippen molar-refractivity contribution in [3.63, 3.8) is 0 Å². The quantitative estimate of drug-likeness (QED) is 0.794. The summed E-state index contributed by atoms with van der Waals surface area (Å²) >= 11 is 0. The Balaban J connectivity index is 1.78. The molecule has 2 aromatic carbocycles. The van der Waals surface area contributed by atoms with E-state index in [1.165, 1.54) is 4.90 Å². The molecule has 27 heavy (non-hydrogen) atoms. The van der Waals surface area contributed by atoms with E-state index in [1.807, 2.05) is 6.07 Å². The number of hydrogen-bond acceptors (Lipinski definition) is 4. The minimum Gasteiger partial charge on any atom is -0.465 e. The van der Waals surface area contributed by atoms with Crippen LogP contribution in [0, 0.1) is 0 Å². The van der Waals surface area contributed by atoms with Gasteiger partial charge in [-0.15, -0.1) is 0 Å². The number of fused-ring (bicyclic) bond motifs is 1. The molecule has 0 heterocycles. The highest BCUT2D eigenvalue weighted by atomic mass is 32.2. The van der Waals surface area contributed by atoms with Gasteiger partial charge >= 0.3 is 6.09 Å². The molecule has 2 N–H and O–H groups in total. The van der Waals surface area contributed by atoms with Crippen molar-refractivity contribution in [3.05, 3.63) is 59.7 Å². The summed E-state index contributed by atoms with van der Waals surface area (Å²) in [7, 11) is -1.98. The fourth-order valence-corrected chi connectivity index (χ4v) is 4.74. The maximum absolute atomic E-state index is 12.8. The number of sulfone groups is 1. The third-order valence-electron chi connectivity index (χ3n) is 4.96. The number of likely N-dealkylation sites (N-methyl/N-ethyl adjacent to an activating group) is 1. The molecule has 0 bridgehead atoms. The standard InChI is InChI=1S/C20H24N2O4S/c1-22(20(23)24)13-12-21-19-9-5-6-15-14-17(10-11-18(15)19)27(25,26)16-7-3-2-4-8-16/h2-4,7-8,10-11,14,19,21H,5-6,9,12-13H2,1H3,(H,23,24). The van der Waals surface area contributed by atoms with Crippen molar-refractivity contribution in [2.24, 2.45) is 0 Å². The molecule has 0 saturated heterocycles. The fourth-order valence-electron chi connectivity index (χ4n) is 3.41. The van der Waals surface area contributed by atoms with Crippen LogP contribution in [0.4, 0.5) is 4.79 Å². The highest BCUT2D eigenvalue weighted by Crippen LogP contribution is 2.32. The van der Waals surface area contributed by atoms with Crippen LogP contribution in [0.3, 0.4) is 0 Å². The normalized spacial score (nSPS) is 16.6. The number of aryl methyl sites for hydroxylation is 1. The van der Waals surface area contributed by atoms with Gasteiger partial charge in [0, 0.05) is 26.2 Å². The van der Waals surface area contributed by atoms with Crippen LogP contribution < -0.4 is 5.32 Å². The van der Waals surface area contributed by atoms with E-state index in [-0.39, 0.29) is 6.04 Å². The molecule has 0 radical (unpaired) electrons. The van der Waals surface area contributed by atoms with E-state index in [0.29, 0.717) is 22.9 Å². The van der Waals surface area contributed by atoms with E-state index < -0.39 is 15.9 Å². The molecule has 2 aromatic rings. The largest absolute Gasteiger partial charge is 0.465 e. The van der Waals surface area contributed by atoms with Crippen molar-refractivity contribution in [1.82, 2.24) is 10.2 Å². The first-order chi connectivity index (χ1) is 12.9. The van der Waals surface area contributed by atoms with Crippen LogP contribution in [0.2, 0.25) is 0 Å². The minimum absolute atomic E-state index is 0.115. The molecule has 0 aromatic heterocycles. The van der Waals surface area contributed by atoms with Crippen molar-refractivity contribution in [2.75, 3.05) is 20.1 Å². The lowest BCUT2D eigenvalue weighted by atomic mass is 9.88. The summed E-state index contributed by atoms with van der Waals surface area (Å²) in [6.07, 6.45) is 1.82. The van der Waals surface area contributed by atoms with Crippen molar-refractivity contribution in [1.29, 1.82) is 0 Å². The molecule has 1 unspecified atom stereocenters. The Bertz CT molecular complexity index is 913. The van der Waals surface area contributed by atoms with Crippen LogP contribution in [-0.2, 0) is 16.3 Å². The lowest BCUT2D eigenvalue weighted by molar-refractivity contribution is 0.155. The molecule has 144 valence electrons. The van der Waals surface area contributed by atoms with Gasteiger partial charge in [0.1, 0.15) is 0 Å². The van der Waals surface area contributed by atoms with Crippen molar-refractivity contribution in [3.8, 4) is 0 Å². The molecule has 1 aliphatic carbocycles. The first kappa shape index (κ1) is 19.4. The predicted molar refractivity (Wildman–Crippen MR) is 103 cm³/mol. The molecule has 1 amide bonds. The number of hydrogen-bond donors (Lipinski definition) is 2. The van der Waals surface area contributed by atoms with Gasteiger partial charge in [-0.25, -0.2) is 13.2 Å². The monoisotopic (exact) mass is 388 g/mol. The fraction of sp³-hybridized carbons (Fsp3) is 0.350. The molecule has 3 rings (SSSR count). The van der Waals surface area contributed by atoms with E-state index in [1.54, 1.807) is 49.5 Å². The van der Waals surface area contributed by atoms with E-state index in [9.17, 15) is 13.2 Å². The molecule has 0 fully saturated rings. The summed E-state index contributed by atoms with van der Waals surface area (Å²) in [6.45, 7) is 0.957. The van der Waals surface area contributed by atoms with E-state index in [4.69, 9.17) is 5.11 Å². The zero-order valence-corrected chi connectivity index (χ0v) is 16.1. The van der Waals surface area contributed by atoms with E-state index in [0.717, 1.165) is 30.4 Å². The molecule has 0 spiro atoms. The Morgan fingerprint density at radius 2 is 1.93 bits per heavy atom. The molecule has 0 aliphatic heterocycles. The number of benzene rings is 2. The third kappa shape index (κ3) is 4.31. The number of carbonyl (C=O) groups is 1. The van der Waals surface area contributed by atoms with Gasteiger partial charge in [0.05, 0.1) is 9.79 Å². The second-order valence-electron chi connectivity index (χ2n) is 6.78.